The van der Waals surface area contributed by atoms with E-state index in [9.17, 15) is 4.79 Å². The molecule has 1 aliphatic heterocycles. The summed E-state index contributed by atoms with van der Waals surface area (Å²) in [4.78, 5) is 19.7. The van der Waals surface area contributed by atoms with Gasteiger partial charge in [-0.3, -0.25) is 4.79 Å². The number of nitrogens with two attached hydrogens (primary N) is 1. The van der Waals surface area contributed by atoms with Gasteiger partial charge < -0.3 is 15.4 Å². The first-order chi connectivity index (χ1) is 9.40. The molecule has 2 atom stereocenters. The van der Waals surface area contributed by atoms with Gasteiger partial charge >= 0.3 is 0 Å². The summed E-state index contributed by atoms with van der Waals surface area (Å²) in [5.41, 5.74) is 6.64. The zero-order valence-electron chi connectivity index (χ0n) is 13.4. The van der Waals surface area contributed by atoms with Crippen LogP contribution in [0.15, 0.2) is 0 Å². The molecule has 8 heteroatoms. The molecule has 1 saturated heterocycles. The Morgan fingerprint density at radius 3 is 2.68 bits per heavy atom. The number of amides is 1. The third-order valence-corrected chi connectivity index (χ3v) is 5.35. The molecule has 128 valence electrons. The van der Waals surface area contributed by atoms with E-state index in [0.717, 1.165) is 35.1 Å². The van der Waals surface area contributed by atoms with E-state index in [-0.39, 0.29) is 42.2 Å². The number of aryl methyl sites for hydroxylation is 1. The van der Waals surface area contributed by atoms with Gasteiger partial charge in [-0.25, -0.2) is 4.98 Å². The Hall–Kier alpha value is -0.400. The Bertz CT molecular complexity index is 512. The van der Waals surface area contributed by atoms with Gasteiger partial charge in [-0.1, -0.05) is 6.92 Å². The molecule has 5 nitrogen and oxygen atoms in total. The topological polar surface area (TPSA) is 68.5 Å². The van der Waals surface area contributed by atoms with Gasteiger partial charge in [0, 0.05) is 20.2 Å². The minimum absolute atomic E-state index is 0. The minimum atomic E-state index is -0.0758. The molecule has 0 spiro atoms. The van der Waals surface area contributed by atoms with Crippen LogP contribution in [0, 0.1) is 12.3 Å². The Labute approximate surface area is 148 Å². The summed E-state index contributed by atoms with van der Waals surface area (Å²) in [6.45, 7) is 8.08. The lowest BCUT2D eigenvalue weighted by Crippen LogP contribution is -2.34. The van der Waals surface area contributed by atoms with Crippen molar-refractivity contribution >= 4 is 42.1 Å². The third kappa shape index (κ3) is 4.32. The molecule has 1 aromatic rings. The van der Waals surface area contributed by atoms with E-state index in [4.69, 9.17) is 10.5 Å². The fourth-order valence-corrected chi connectivity index (χ4v) is 3.46. The quantitative estimate of drug-likeness (QED) is 0.885. The molecule has 2 rings (SSSR count). The van der Waals surface area contributed by atoms with Crippen molar-refractivity contribution in [3.63, 3.8) is 0 Å². The van der Waals surface area contributed by atoms with E-state index in [1.165, 1.54) is 11.3 Å². The summed E-state index contributed by atoms with van der Waals surface area (Å²) >= 11 is 1.44. The number of carbonyl (C=O) groups is 1. The van der Waals surface area contributed by atoms with Gasteiger partial charge in [-0.05, 0) is 32.2 Å². The molecule has 2 unspecified atom stereocenters. The molecule has 0 aliphatic carbocycles. The number of carbonyl (C=O) groups excluding carboxylic acids is 1. The van der Waals surface area contributed by atoms with Gasteiger partial charge in [0.15, 0.2) is 0 Å². The van der Waals surface area contributed by atoms with Crippen LogP contribution in [-0.2, 0) is 4.74 Å². The van der Waals surface area contributed by atoms with Crippen molar-refractivity contribution in [2.75, 3.05) is 26.7 Å². The molecular formula is C14H25Cl2N3O2S. The van der Waals surface area contributed by atoms with Crippen molar-refractivity contribution in [2.45, 2.75) is 33.3 Å². The first-order valence-electron chi connectivity index (χ1n) is 6.89. The average molecular weight is 370 g/mol. The molecule has 1 fully saturated rings. The van der Waals surface area contributed by atoms with Crippen LogP contribution in [0.4, 0.5) is 0 Å². The van der Waals surface area contributed by atoms with Gasteiger partial charge in [-0.2, -0.15) is 0 Å². The van der Waals surface area contributed by atoms with E-state index in [2.05, 4.69) is 11.9 Å². The molecule has 0 bridgehead atoms. The maximum Gasteiger partial charge on any atom is 0.265 e. The van der Waals surface area contributed by atoms with Gasteiger partial charge in [0.2, 0.25) is 0 Å². The highest BCUT2D eigenvalue weighted by Crippen LogP contribution is 2.32. The van der Waals surface area contributed by atoms with E-state index in [1.807, 2.05) is 18.7 Å². The summed E-state index contributed by atoms with van der Waals surface area (Å²) in [7, 11) is 1.65. The molecule has 22 heavy (non-hydrogen) atoms. The van der Waals surface area contributed by atoms with E-state index in [1.54, 1.807) is 7.11 Å². The zero-order valence-corrected chi connectivity index (χ0v) is 15.9. The van der Waals surface area contributed by atoms with Crippen LogP contribution in [0.25, 0.3) is 0 Å². The number of halogens is 2. The predicted octanol–water partition coefficient (Wildman–Crippen LogP) is 2.81. The Morgan fingerprint density at radius 2 is 2.18 bits per heavy atom. The van der Waals surface area contributed by atoms with Crippen molar-refractivity contribution in [2.24, 2.45) is 11.1 Å². The second kappa shape index (κ2) is 8.45. The molecule has 1 aromatic heterocycles. The molecule has 0 aromatic carbocycles. The first kappa shape index (κ1) is 21.6. The molecule has 0 radical (unpaired) electrons. The monoisotopic (exact) mass is 369 g/mol. The molecular weight excluding hydrogens is 345 g/mol. The number of nitrogens with zero attached hydrogens (tertiary/aromatic N) is 2. The van der Waals surface area contributed by atoms with Crippen LogP contribution < -0.4 is 5.73 Å². The standard InChI is InChI=1S/C14H23N3O2S.2ClH/c1-9-11(20-12(16-9)10(2)19-4)13(18)17-6-5-14(3,7-15)8-17;;/h10H,5-8,15H2,1-4H3;2*1H. The van der Waals surface area contributed by atoms with Gasteiger partial charge in [0.05, 0.1) is 5.69 Å². The third-order valence-electron chi connectivity index (χ3n) is 4.05. The summed E-state index contributed by atoms with van der Waals surface area (Å²) < 4.78 is 5.27. The number of thiazole rings is 1. The Balaban J connectivity index is 0.00000220. The maximum absolute atomic E-state index is 12.6. The molecule has 1 amide bonds. The number of rotatable bonds is 4. The number of methoxy groups -OCH3 is 1. The van der Waals surface area contributed by atoms with Crippen LogP contribution in [0.5, 0.6) is 0 Å². The van der Waals surface area contributed by atoms with E-state index < -0.39 is 0 Å². The second-order valence-corrected chi connectivity index (χ2v) is 6.87. The molecule has 0 saturated carbocycles. The number of hydrogen-bond donors (Lipinski definition) is 1. The Morgan fingerprint density at radius 1 is 1.55 bits per heavy atom. The van der Waals surface area contributed by atoms with Crippen LogP contribution in [0.1, 0.15) is 46.7 Å². The fraction of sp³-hybridized carbons (Fsp3) is 0.714. The number of aromatic nitrogens is 1. The lowest BCUT2D eigenvalue weighted by atomic mass is 9.90. The van der Waals surface area contributed by atoms with Crippen LogP contribution in [0.2, 0.25) is 0 Å². The van der Waals surface area contributed by atoms with Gasteiger partial charge in [0.1, 0.15) is 16.0 Å². The number of ether oxygens (including phenoxy) is 1. The molecule has 1 aliphatic rings. The van der Waals surface area contributed by atoms with Gasteiger partial charge in [-0.15, -0.1) is 36.2 Å². The van der Waals surface area contributed by atoms with Crippen molar-refractivity contribution < 1.29 is 9.53 Å². The fourth-order valence-electron chi connectivity index (χ4n) is 2.40. The highest BCUT2D eigenvalue weighted by atomic mass is 35.5. The van der Waals surface area contributed by atoms with Crippen LogP contribution in [0.3, 0.4) is 0 Å². The largest absolute Gasteiger partial charge is 0.375 e. The first-order valence-corrected chi connectivity index (χ1v) is 7.71. The second-order valence-electron chi connectivity index (χ2n) is 5.84. The minimum Gasteiger partial charge on any atom is -0.375 e. The normalized spacial score (nSPS) is 22.0. The van der Waals surface area contributed by atoms with Crippen molar-refractivity contribution in [3.8, 4) is 0 Å². The highest BCUT2D eigenvalue weighted by molar-refractivity contribution is 7.13. The van der Waals surface area contributed by atoms with Crippen molar-refractivity contribution in [3.05, 3.63) is 15.6 Å². The SMILES string of the molecule is COC(C)c1nc(C)c(C(=O)N2CCC(C)(CN)C2)s1.Cl.Cl. The predicted molar refractivity (Wildman–Crippen MR) is 94.5 cm³/mol. The molecule has 2 N–H and O–H groups in total. The zero-order chi connectivity index (χ0) is 14.9. The lowest BCUT2D eigenvalue weighted by molar-refractivity contribution is 0.0780. The summed E-state index contributed by atoms with van der Waals surface area (Å²) in [6, 6.07) is 0. The lowest BCUT2D eigenvalue weighted by Gasteiger charge is -2.22. The molecule has 2 heterocycles. The van der Waals surface area contributed by atoms with Crippen LogP contribution >= 0.6 is 36.2 Å². The van der Waals surface area contributed by atoms with E-state index in [0.29, 0.717) is 6.54 Å². The smallest absolute Gasteiger partial charge is 0.265 e. The van der Waals surface area contributed by atoms with E-state index >= 15 is 0 Å². The highest BCUT2D eigenvalue weighted by Gasteiger charge is 2.36. The summed E-state index contributed by atoms with van der Waals surface area (Å²) in [6.07, 6.45) is 0.891. The average Bonchev–Trinajstić information content (AvgIpc) is 3.02. The summed E-state index contributed by atoms with van der Waals surface area (Å²) in [5.74, 6) is 0.0757. The summed E-state index contributed by atoms with van der Waals surface area (Å²) in [5, 5.41) is 0.856. The number of likely N-dealkylation sites (tertiary alicyclic amines) is 1. The van der Waals surface area contributed by atoms with Crippen LogP contribution in [-0.4, -0.2) is 42.5 Å². The van der Waals surface area contributed by atoms with Crippen molar-refractivity contribution in [1.29, 1.82) is 0 Å². The number of hydrogen-bond acceptors (Lipinski definition) is 5. The van der Waals surface area contributed by atoms with Gasteiger partial charge in [0.25, 0.3) is 5.91 Å². The Kier molecular flexibility index (Phi) is 8.30. The van der Waals surface area contributed by atoms with Crippen molar-refractivity contribution in [1.82, 2.24) is 9.88 Å². The maximum atomic E-state index is 12.6.